The molecule has 1 rings (SSSR count). The van der Waals surface area contributed by atoms with E-state index in [1.54, 1.807) is 6.08 Å². The van der Waals surface area contributed by atoms with Crippen LogP contribution in [0.15, 0.2) is 12.7 Å². The van der Waals surface area contributed by atoms with Gasteiger partial charge in [0.1, 0.15) is 10.8 Å². The zero-order valence-electron chi connectivity index (χ0n) is 9.41. The van der Waals surface area contributed by atoms with Gasteiger partial charge in [-0.2, -0.15) is 0 Å². The molecule has 1 nitrogen and oxygen atoms in total. The standard InChI is InChI=1S/C11H11Cl4OSi/c1-4-5-6-7(12)8(13)9(14)10(15)11(6)16-17(2)3/h4H,1,5H2,2-3H3. The van der Waals surface area contributed by atoms with E-state index in [1.807, 2.05) is 13.1 Å². The molecule has 0 aliphatic carbocycles. The normalized spacial score (nSPS) is 10.8. The van der Waals surface area contributed by atoms with Crippen molar-refractivity contribution in [3.05, 3.63) is 38.3 Å². The van der Waals surface area contributed by atoms with Crippen molar-refractivity contribution in [2.45, 2.75) is 19.5 Å². The molecule has 0 aliphatic heterocycles. The van der Waals surface area contributed by atoms with Crippen molar-refractivity contribution in [3.63, 3.8) is 0 Å². The highest BCUT2D eigenvalue weighted by Crippen LogP contribution is 2.46. The second-order valence-electron chi connectivity index (χ2n) is 3.57. The fourth-order valence-corrected chi connectivity index (χ4v) is 2.98. The Kier molecular flexibility index (Phi) is 5.67. The maximum absolute atomic E-state index is 6.15. The summed E-state index contributed by atoms with van der Waals surface area (Å²) < 4.78 is 5.74. The highest BCUT2D eigenvalue weighted by molar-refractivity contribution is 6.53. The van der Waals surface area contributed by atoms with Crippen molar-refractivity contribution >= 4 is 55.4 Å². The molecule has 0 bridgehead atoms. The summed E-state index contributed by atoms with van der Waals surface area (Å²) in [5.41, 5.74) is 0.729. The number of halogens is 4. The molecule has 0 atom stereocenters. The van der Waals surface area contributed by atoms with Crippen LogP contribution in [0.3, 0.4) is 0 Å². The molecule has 93 valence electrons. The van der Waals surface area contributed by atoms with Crippen molar-refractivity contribution in [2.75, 3.05) is 0 Å². The second kappa shape index (κ2) is 6.35. The predicted molar refractivity (Wildman–Crippen MR) is 78.5 cm³/mol. The van der Waals surface area contributed by atoms with Gasteiger partial charge in [0.05, 0.1) is 15.1 Å². The van der Waals surface area contributed by atoms with Gasteiger partial charge in [0.2, 0.25) is 0 Å². The van der Waals surface area contributed by atoms with Crippen LogP contribution < -0.4 is 4.43 Å². The highest BCUT2D eigenvalue weighted by Gasteiger charge is 2.21. The van der Waals surface area contributed by atoms with E-state index in [-0.39, 0.29) is 10.0 Å². The van der Waals surface area contributed by atoms with E-state index in [1.165, 1.54) is 0 Å². The molecule has 0 aliphatic rings. The van der Waals surface area contributed by atoms with Crippen LogP contribution in [-0.4, -0.2) is 9.04 Å². The van der Waals surface area contributed by atoms with Gasteiger partial charge >= 0.3 is 0 Å². The number of hydrogen-bond donors (Lipinski definition) is 0. The van der Waals surface area contributed by atoms with Gasteiger partial charge in [-0.25, -0.2) is 0 Å². The molecule has 0 aromatic heterocycles. The average molecular weight is 329 g/mol. The summed E-state index contributed by atoms with van der Waals surface area (Å²) in [6.07, 6.45) is 2.24. The molecule has 0 fully saturated rings. The van der Waals surface area contributed by atoms with Gasteiger partial charge in [0.15, 0.2) is 0 Å². The van der Waals surface area contributed by atoms with E-state index in [0.717, 1.165) is 5.56 Å². The molecule has 0 unspecified atom stereocenters. The fourth-order valence-electron chi connectivity index (χ4n) is 1.29. The number of rotatable bonds is 4. The van der Waals surface area contributed by atoms with E-state index in [0.29, 0.717) is 22.2 Å². The maximum atomic E-state index is 6.15. The molecule has 1 radical (unpaired) electrons. The zero-order chi connectivity index (χ0) is 13.2. The molecule has 0 N–H and O–H groups in total. The Balaban J connectivity index is 3.47. The van der Waals surface area contributed by atoms with Gasteiger partial charge in [0.25, 0.3) is 9.04 Å². The van der Waals surface area contributed by atoms with Crippen LogP contribution in [0.5, 0.6) is 5.75 Å². The molecule has 0 amide bonds. The molecule has 0 saturated carbocycles. The van der Waals surface area contributed by atoms with Gasteiger partial charge in [-0.05, 0) is 19.5 Å². The van der Waals surface area contributed by atoms with E-state index in [4.69, 9.17) is 50.8 Å². The first-order valence-corrected chi connectivity index (χ1v) is 8.75. The number of benzene rings is 1. The lowest BCUT2D eigenvalue weighted by atomic mass is 10.1. The average Bonchev–Trinajstić information content (AvgIpc) is 2.28. The van der Waals surface area contributed by atoms with Crippen LogP contribution in [0.4, 0.5) is 0 Å². The van der Waals surface area contributed by atoms with Crippen molar-refractivity contribution in [1.29, 1.82) is 0 Å². The summed E-state index contributed by atoms with van der Waals surface area (Å²) in [5, 5.41) is 1.16. The molecular weight excluding hydrogens is 318 g/mol. The van der Waals surface area contributed by atoms with Crippen molar-refractivity contribution in [3.8, 4) is 5.75 Å². The Bertz CT molecular complexity index is 446. The van der Waals surface area contributed by atoms with E-state index < -0.39 is 9.04 Å². The molecule has 0 saturated heterocycles. The minimum Gasteiger partial charge on any atom is -0.541 e. The Hall–Kier alpha value is 0.137. The van der Waals surface area contributed by atoms with E-state index in [9.17, 15) is 0 Å². The van der Waals surface area contributed by atoms with Gasteiger partial charge in [-0.1, -0.05) is 52.5 Å². The third-order valence-corrected chi connectivity index (χ3v) is 4.41. The summed E-state index contributed by atoms with van der Waals surface area (Å²) >= 11 is 24.3. The summed E-state index contributed by atoms with van der Waals surface area (Å²) in [5.74, 6) is 0.518. The lowest BCUT2D eigenvalue weighted by Gasteiger charge is -2.18. The molecule has 0 spiro atoms. The third kappa shape index (κ3) is 3.33. The first kappa shape index (κ1) is 15.2. The zero-order valence-corrected chi connectivity index (χ0v) is 13.4. The van der Waals surface area contributed by atoms with Gasteiger partial charge in [0, 0.05) is 5.56 Å². The van der Waals surface area contributed by atoms with Crippen molar-refractivity contribution in [1.82, 2.24) is 0 Å². The first-order valence-electron chi connectivity index (χ1n) is 4.83. The van der Waals surface area contributed by atoms with Crippen molar-refractivity contribution < 1.29 is 4.43 Å². The summed E-state index contributed by atoms with van der Waals surface area (Å²) in [6.45, 7) is 7.66. The summed E-state index contributed by atoms with van der Waals surface area (Å²) in [6, 6.07) is 0. The Morgan fingerprint density at radius 3 is 2.06 bits per heavy atom. The summed E-state index contributed by atoms with van der Waals surface area (Å²) in [4.78, 5) is 0. The van der Waals surface area contributed by atoms with Crippen LogP contribution in [0.1, 0.15) is 5.56 Å². The van der Waals surface area contributed by atoms with Crippen LogP contribution in [0.25, 0.3) is 0 Å². The number of allylic oxidation sites excluding steroid dienone is 1. The van der Waals surface area contributed by atoms with Crippen LogP contribution in [-0.2, 0) is 6.42 Å². The Labute approximate surface area is 123 Å². The SMILES string of the molecule is C=CCc1c(Cl)c(Cl)c(Cl)c(Cl)c1O[Si](C)C. The minimum absolute atomic E-state index is 0.226. The topological polar surface area (TPSA) is 9.23 Å². The first-order chi connectivity index (χ1) is 7.90. The monoisotopic (exact) mass is 327 g/mol. The van der Waals surface area contributed by atoms with Crippen LogP contribution >= 0.6 is 46.4 Å². The van der Waals surface area contributed by atoms with Crippen LogP contribution in [0, 0.1) is 0 Å². The predicted octanol–water partition coefficient (Wildman–Crippen LogP) is 5.66. The van der Waals surface area contributed by atoms with Gasteiger partial charge in [-0.15, -0.1) is 6.58 Å². The van der Waals surface area contributed by atoms with Crippen molar-refractivity contribution in [2.24, 2.45) is 0 Å². The van der Waals surface area contributed by atoms with Gasteiger partial charge < -0.3 is 4.43 Å². The quantitative estimate of drug-likeness (QED) is 0.300. The lowest BCUT2D eigenvalue weighted by Crippen LogP contribution is -2.13. The van der Waals surface area contributed by atoms with Crippen LogP contribution in [0.2, 0.25) is 33.2 Å². The molecule has 17 heavy (non-hydrogen) atoms. The smallest absolute Gasteiger partial charge is 0.274 e. The molecule has 6 heteroatoms. The second-order valence-corrected chi connectivity index (χ2v) is 7.10. The lowest BCUT2D eigenvalue weighted by molar-refractivity contribution is 0.574. The molecule has 1 aromatic carbocycles. The summed E-state index contributed by atoms with van der Waals surface area (Å²) in [7, 11) is -0.974. The Morgan fingerprint density at radius 2 is 1.59 bits per heavy atom. The third-order valence-electron chi connectivity index (χ3n) is 1.97. The minimum atomic E-state index is -0.974. The maximum Gasteiger partial charge on any atom is 0.274 e. The highest BCUT2D eigenvalue weighted by atomic mass is 35.5. The van der Waals surface area contributed by atoms with E-state index >= 15 is 0 Å². The molecule has 0 heterocycles. The fraction of sp³-hybridized carbons (Fsp3) is 0.273. The largest absolute Gasteiger partial charge is 0.541 e. The Morgan fingerprint density at radius 1 is 1.06 bits per heavy atom. The molecular formula is C11H11Cl4OSi. The van der Waals surface area contributed by atoms with E-state index in [2.05, 4.69) is 6.58 Å². The van der Waals surface area contributed by atoms with Gasteiger partial charge in [-0.3, -0.25) is 0 Å². The number of hydrogen-bond acceptors (Lipinski definition) is 1. The molecule has 1 aromatic rings.